The number of rotatable bonds is 4. The quantitative estimate of drug-likeness (QED) is 0.500. The van der Waals surface area contributed by atoms with Gasteiger partial charge in [0.2, 0.25) is 0 Å². The molecule has 0 bridgehead atoms. The Morgan fingerprint density at radius 2 is 1.60 bits per heavy atom. The van der Waals surface area contributed by atoms with Gasteiger partial charge in [0.1, 0.15) is 0 Å². The maximum Gasteiger partial charge on any atom is 0.0674 e. The molecule has 0 aromatic rings. The van der Waals surface area contributed by atoms with Crippen molar-refractivity contribution in [2.24, 2.45) is 0 Å². The Kier molecular flexibility index (Phi) is 4.97. The van der Waals surface area contributed by atoms with Crippen molar-refractivity contribution in [2.45, 2.75) is 64.0 Å². The van der Waals surface area contributed by atoms with Crippen LogP contribution in [0.3, 0.4) is 0 Å². The highest BCUT2D eigenvalue weighted by molar-refractivity contribution is 8.01. The number of thioether (sulfide) groups is 1. The van der Waals surface area contributed by atoms with E-state index in [0.29, 0.717) is 0 Å². The predicted molar refractivity (Wildman–Crippen MR) is 76.4 cm³/mol. The van der Waals surface area contributed by atoms with Crippen molar-refractivity contribution in [3.63, 3.8) is 0 Å². The molecule has 0 aromatic heterocycles. The highest BCUT2D eigenvalue weighted by Gasteiger charge is 2.37. The third kappa shape index (κ3) is 2.70. The number of allylic oxidation sites excluding steroid dienone is 1. The summed E-state index contributed by atoms with van der Waals surface area (Å²) in [6.07, 6.45) is 1.39. The van der Waals surface area contributed by atoms with Gasteiger partial charge in [0, 0.05) is 10.6 Å². The van der Waals surface area contributed by atoms with E-state index in [9.17, 15) is 0 Å². The number of hydrogen-bond donors (Lipinski definition) is 0. The van der Waals surface area contributed by atoms with Gasteiger partial charge in [-0.15, -0.1) is 0 Å². The fourth-order valence-electron chi connectivity index (χ4n) is 2.69. The van der Waals surface area contributed by atoms with Crippen LogP contribution in [0.15, 0.2) is 11.1 Å². The van der Waals surface area contributed by atoms with Gasteiger partial charge < -0.3 is 0 Å². The van der Waals surface area contributed by atoms with Crippen molar-refractivity contribution in [1.29, 1.82) is 0 Å². The van der Waals surface area contributed by atoms with Gasteiger partial charge in [-0.25, -0.2) is 0 Å². The first-order chi connectivity index (χ1) is 7.09. The summed E-state index contributed by atoms with van der Waals surface area (Å²) in [5, 5.41) is 0. The molecular weight excluding hydrogens is 216 g/mol. The van der Waals surface area contributed by atoms with Gasteiger partial charge in [0.15, 0.2) is 0 Å². The molecule has 0 aliphatic carbocycles. The van der Waals surface area contributed by atoms with Crippen LogP contribution < -0.4 is 0 Å². The van der Waals surface area contributed by atoms with Crippen LogP contribution >= 0.6 is 11.8 Å². The lowest BCUT2D eigenvalue weighted by atomic mass is 10.1. The molecule has 15 heavy (non-hydrogen) atoms. The first-order valence-corrected chi connectivity index (χ1v) is 10.1. The molecule has 0 amide bonds. The van der Waals surface area contributed by atoms with Crippen molar-refractivity contribution >= 4 is 19.8 Å². The Balaban J connectivity index is 2.80. The van der Waals surface area contributed by atoms with Crippen LogP contribution in [-0.4, -0.2) is 18.7 Å². The zero-order chi connectivity index (χ0) is 11.5. The van der Waals surface area contributed by atoms with E-state index in [0.717, 1.165) is 4.87 Å². The minimum Gasteiger partial charge on any atom is -0.157 e. The van der Waals surface area contributed by atoms with Gasteiger partial charge >= 0.3 is 0 Å². The molecule has 0 aromatic carbocycles. The second-order valence-electron chi connectivity index (χ2n) is 4.99. The third-order valence-electron chi connectivity index (χ3n) is 4.52. The molecule has 0 saturated carbocycles. The molecule has 0 spiro atoms. The minimum atomic E-state index is -0.959. The Hall–Kier alpha value is 0.307. The van der Waals surface area contributed by atoms with E-state index in [-0.39, 0.29) is 0 Å². The van der Waals surface area contributed by atoms with Crippen LogP contribution in [0, 0.1) is 0 Å². The normalized spacial score (nSPS) is 23.4. The zero-order valence-corrected chi connectivity index (χ0v) is 12.8. The van der Waals surface area contributed by atoms with Crippen LogP contribution in [0.2, 0.25) is 18.1 Å². The maximum absolute atomic E-state index is 2.43. The largest absolute Gasteiger partial charge is 0.157 e. The smallest absolute Gasteiger partial charge is 0.0674 e. The van der Waals surface area contributed by atoms with Gasteiger partial charge in [0.05, 0.1) is 8.07 Å². The summed E-state index contributed by atoms with van der Waals surface area (Å²) in [5.74, 6) is 1.30. The second kappa shape index (κ2) is 5.58. The molecule has 1 unspecified atom stereocenters. The fraction of sp³-hybridized carbons (Fsp3) is 0.846. The monoisotopic (exact) mass is 242 g/mol. The summed E-state index contributed by atoms with van der Waals surface area (Å²) in [7, 11) is -0.959. The predicted octanol–water partition coefficient (Wildman–Crippen LogP) is 4.88. The maximum atomic E-state index is 2.43. The van der Waals surface area contributed by atoms with E-state index < -0.39 is 8.07 Å². The van der Waals surface area contributed by atoms with Crippen LogP contribution in [0.25, 0.3) is 0 Å². The summed E-state index contributed by atoms with van der Waals surface area (Å²) >= 11 is 2.26. The Bertz CT molecular complexity index is 233. The van der Waals surface area contributed by atoms with E-state index in [4.69, 9.17) is 0 Å². The second-order valence-corrected chi connectivity index (χ2v) is 12.1. The Morgan fingerprint density at radius 3 is 2.00 bits per heavy atom. The molecule has 1 atom stereocenters. The van der Waals surface area contributed by atoms with E-state index in [1.54, 1.807) is 11.1 Å². The van der Waals surface area contributed by atoms with Gasteiger partial charge in [-0.05, 0) is 20.3 Å². The molecule has 0 radical (unpaired) electrons. The van der Waals surface area contributed by atoms with Gasteiger partial charge in [-0.3, -0.25) is 0 Å². The highest BCUT2D eigenvalue weighted by Crippen LogP contribution is 2.40. The summed E-state index contributed by atoms with van der Waals surface area (Å²) in [6, 6.07) is 4.43. The zero-order valence-electron chi connectivity index (χ0n) is 11.0. The lowest BCUT2D eigenvalue weighted by molar-refractivity contribution is 0.940. The highest BCUT2D eigenvalue weighted by atomic mass is 32.2. The van der Waals surface area contributed by atoms with Gasteiger partial charge in [-0.2, -0.15) is 11.8 Å². The molecule has 2 heteroatoms. The van der Waals surface area contributed by atoms with Crippen molar-refractivity contribution in [3.05, 3.63) is 11.1 Å². The lowest BCUT2D eigenvalue weighted by Crippen LogP contribution is -2.45. The van der Waals surface area contributed by atoms with E-state index in [1.165, 1.54) is 30.3 Å². The molecule has 0 N–H and O–H groups in total. The number of hydrogen-bond acceptors (Lipinski definition) is 1. The Morgan fingerprint density at radius 1 is 1.07 bits per heavy atom. The van der Waals surface area contributed by atoms with Crippen LogP contribution in [0.4, 0.5) is 0 Å². The topological polar surface area (TPSA) is 0 Å². The summed E-state index contributed by atoms with van der Waals surface area (Å²) in [6.45, 7) is 12.0. The molecule has 88 valence electrons. The first kappa shape index (κ1) is 13.4. The minimum absolute atomic E-state index is 0.959. The average molecular weight is 243 g/mol. The van der Waals surface area contributed by atoms with Crippen LogP contribution in [0.5, 0.6) is 0 Å². The molecule has 1 aliphatic rings. The average Bonchev–Trinajstić information content (AvgIpc) is 2.26. The SMILES string of the molecule is CC[Si](CC)(CC)C1CC(C)=C(C)CS1. The molecule has 0 fully saturated rings. The third-order valence-corrected chi connectivity index (χ3v) is 13.5. The molecule has 0 nitrogen and oxygen atoms in total. The van der Waals surface area contributed by atoms with E-state index >= 15 is 0 Å². The fourth-order valence-corrected chi connectivity index (χ4v) is 10.5. The molecule has 1 rings (SSSR count). The van der Waals surface area contributed by atoms with E-state index in [2.05, 4.69) is 46.4 Å². The summed E-state index contributed by atoms with van der Waals surface area (Å²) in [5.41, 5.74) is 3.33. The summed E-state index contributed by atoms with van der Waals surface area (Å²) in [4.78, 5) is 1.00. The van der Waals surface area contributed by atoms with Crippen molar-refractivity contribution in [1.82, 2.24) is 0 Å². The molecule has 1 aliphatic heterocycles. The Labute approximate surface area is 101 Å². The van der Waals surface area contributed by atoms with Crippen molar-refractivity contribution in [3.8, 4) is 0 Å². The van der Waals surface area contributed by atoms with Crippen molar-refractivity contribution in [2.75, 3.05) is 5.75 Å². The molecular formula is C13H26SSi. The van der Waals surface area contributed by atoms with Crippen molar-refractivity contribution < 1.29 is 0 Å². The van der Waals surface area contributed by atoms with Crippen LogP contribution in [0.1, 0.15) is 41.0 Å². The van der Waals surface area contributed by atoms with Gasteiger partial charge in [0.25, 0.3) is 0 Å². The standard InChI is InChI=1S/C13H26SSi/c1-6-15(7-2,8-3)13-9-11(4)12(5)10-14-13/h13H,6-10H2,1-5H3. The van der Waals surface area contributed by atoms with E-state index in [1.807, 2.05) is 0 Å². The summed E-state index contributed by atoms with van der Waals surface area (Å²) < 4.78 is 0. The van der Waals surface area contributed by atoms with Gasteiger partial charge in [-0.1, -0.05) is 50.0 Å². The van der Waals surface area contributed by atoms with Crippen LogP contribution in [-0.2, 0) is 0 Å². The lowest BCUT2D eigenvalue weighted by Gasteiger charge is -2.39. The molecule has 0 saturated heterocycles. The first-order valence-electron chi connectivity index (χ1n) is 6.36. The molecule has 1 heterocycles.